The van der Waals surface area contributed by atoms with Crippen molar-refractivity contribution in [1.82, 2.24) is 16.0 Å². The predicted molar refractivity (Wildman–Crippen MR) is 98.4 cm³/mol. The number of aliphatic imine (C=N–C) groups is 1. The van der Waals surface area contributed by atoms with E-state index in [1.165, 1.54) is 12.7 Å². The zero-order chi connectivity index (χ0) is 17.9. The highest BCUT2D eigenvalue weighted by Crippen LogP contribution is 2.08. The van der Waals surface area contributed by atoms with Gasteiger partial charge in [-0.1, -0.05) is 13.8 Å². The molecule has 24 heavy (non-hydrogen) atoms. The number of amides is 1. The molecule has 6 nitrogen and oxygen atoms in total. The van der Waals surface area contributed by atoms with Crippen molar-refractivity contribution in [1.29, 1.82) is 0 Å². The molecule has 136 valence electrons. The van der Waals surface area contributed by atoms with Gasteiger partial charge in [0.15, 0.2) is 11.7 Å². The molecule has 0 aliphatic rings. The van der Waals surface area contributed by atoms with E-state index in [-0.39, 0.29) is 5.91 Å². The lowest BCUT2D eigenvalue weighted by Crippen LogP contribution is -2.43. The van der Waals surface area contributed by atoms with E-state index in [2.05, 4.69) is 41.7 Å². The summed E-state index contributed by atoms with van der Waals surface area (Å²) in [5, 5.41) is 9.52. The maximum absolute atomic E-state index is 11.9. The third kappa shape index (κ3) is 7.53. The highest BCUT2D eigenvalue weighted by Gasteiger charge is 2.11. The molecule has 3 N–H and O–H groups in total. The summed E-state index contributed by atoms with van der Waals surface area (Å²) in [5.41, 5.74) is 0.852. The Labute approximate surface area is 145 Å². The Hall–Kier alpha value is -1.98. The predicted octanol–water partition coefficient (Wildman–Crippen LogP) is 2.70. The molecular weight excluding hydrogens is 304 g/mol. The molecule has 1 rings (SSSR count). The van der Waals surface area contributed by atoms with Crippen LogP contribution in [-0.2, 0) is 0 Å². The SMILES string of the molecule is CN=C(NCCCNC(=O)c1occc1C)NC(C)CCC(C)C. The lowest BCUT2D eigenvalue weighted by atomic mass is 10.0. The van der Waals surface area contributed by atoms with Gasteiger partial charge in [-0.2, -0.15) is 0 Å². The van der Waals surface area contributed by atoms with Crippen molar-refractivity contribution in [2.45, 2.75) is 53.0 Å². The van der Waals surface area contributed by atoms with Gasteiger partial charge in [0.05, 0.1) is 6.26 Å². The van der Waals surface area contributed by atoms with E-state index in [1.54, 1.807) is 13.1 Å². The lowest BCUT2D eigenvalue weighted by molar-refractivity contribution is 0.0925. The number of carbonyl (C=O) groups is 1. The summed E-state index contributed by atoms with van der Waals surface area (Å²) in [6, 6.07) is 2.17. The number of nitrogens with zero attached hydrogens (tertiary/aromatic N) is 1. The first kappa shape index (κ1) is 20.1. The van der Waals surface area contributed by atoms with Crippen molar-refractivity contribution in [3.8, 4) is 0 Å². The Kier molecular flexibility index (Phi) is 8.97. The smallest absolute Gasteiger partial charge is 0.287 e. The van der Waals surface area contributed by atoms with E-state index < -0.39 is 0 Å². The molecule has 0 aromatic carbocycles. The second kappa shape index (κ2) is 10.7. The van der Waals surface area contributed by atoms with Gasteiger partial charge in [-0.25, -0.2) is 0 Å². The van der Waals surface area contributed by atoms with Crippen LogP contribution >= 0.6 is 0 Å². The fourth-order valence-corrected chi connectivity index (χ4v) is 2.27. The van der Waals surface area contributed by atoms with Crippen LogP contribution in [0.3, 0.4) is 0 Å². The number of furan rings is 1. The van der Waals surface area contributed by atoms with Crippen molar-refractivity contribution >= 4 is 11.9 Å². The quantitative estimate of drug-likeness (QED) is 0.368. The molecule has 1 atom stereocenters. The molecular formula is C18H32N4O2. The minimum atomic E-state index is -0.165. The van der Waals surface area contributed by atoms with Gasteiger partial charge in [0.1, 0.15) is 0 Å². The van der Waals surface area contributed by atoms with Crippen LogP contribution in [-0.4, -0.2) is 38.0 Å². The first-order chi connectivity index (χ1) is 11.4. The van der Waals surface area contributed by atoms with Crippen molar-refractivity contribution in [3.05, 3.63) is 23.7 Å². The zero-order valence-electron chi connectivity index (χ0n) is 15.6. The topological polar surface area (TPSA) is 78.7 Å². The third-order valence-corrected chi connectivity index (χ3v) is 3.78. The highest BCUT2D eigenvalue weighted by atomic mass is 16.3. The van der Waals surface area contributed by atoms with Gasteiger partial charge < -0.3 is 20.4 Å². The molecule has 0 saturated carbocycles. The molecule has 1 aromatic heterocycles. The molecule has 0 saturated heterocycles. The van der Waals surface area contributed by atoms with Gasteiger partial charge in [-0.05, 0) is 45.1 Å². The molecule has 1 aromatic rings. The molecule has 1 unspecified atom stereocenters. The summed E-state index contributed by atoms with van der Waals surface area (Å²) in [6.07, 6.45) is 4.66. The Morgan fingerprint density at radius 2 is 1.92 bits per heavy atom. The van der Waals surface area contributed by atoms with Crippen molar-refractivity contribution in [2.24, 2.45) is 10.9 Å². The maximum Gasteiger partial charge on any atom is 0.287 e. The molecule has 6 heteroatoms. The van der Waals surface area contributed by atoms with Crippen molar-refractivity contribution in [2.75, 3.05) is 20.1 Å². The molecule has 0 spiro atoms. The number of nitrogens with one attached hydrogen (secondary N) is 3. The van der Waals surface area contributed by atoms with Gasteiger partial charge >= 0.3 is 0 Å². The van der Waals surface area contributed by atoms with Crippen LogP contribution in [0.5, 0.6) is 0 Å². The number of rotatable bonds is 9. The van der Waals surface area contributed by atoms with E-state index in [0.29, 0.717) is 24.3 Å². The molecule has 0 radical (unpaired) electrons. The Morgan fingerprint density at radius 3 is 2.50 bits per heavy atom. The molecule has 0 aliphatic carbocycles. The Bertz CT molecular complexity index is 523. The second-order valence-corrected chi connectivity index (χ2v) is 6.56. The van der Waals surface area contributed by atoms with E-state index in [4.69, 9.17) is 4.42 Å². The van der Waals surface area contributed by atoms with Crippen molar-refractivity contribution in [3.63, 3.8) is 0 Å². The van der Waals surface area contributed by atoms with Gasteiger partial charge in [-0.15, -0.1) is 0 Å². The second-order valence-electron chi connectivity index (χ2n) is 6.56. The van der Waals surface area contributed by atoms with E-state index in [0.717, 1.165) is 30.9 Å². The van der Waals surface area contributed by atoms with Crippen LogP contribution in [0.4, 0.5) is 0 Å². The number of carbonyl (C=O) groups excluding carboxylic acids is 1. The van der Waals surface area contributed by atoms with E-state index >= 15 is 0 Å². The van der Waals surface area contributed by atoms with Crippen LogP contribution in [0.25, 0.3) is 0 Å². The Morgan fingerprint density at radius 1 is 1.21 bits per heavy atom. The summed E-state index contributed by atoms with van der Waals surface area (Å²) in [5.74, 6) is 1.74. The summed E-state index contributed by atoms with van der Waals surface area (Å²) in [4.78, 5) is 16.1. The van der Waals surface area contributed by atoms with E-state index in [9.17, 15) is 4.79 Å². The lowest BCUT2D eigenvalue weighted by Gasteiger charge is -2.18. The van der Waals surface area contributed by atoms with Crippen LogP contribution in [0.15, 0.2) is 21.7 Å². The number of hydrogen-bond donors (Lipinski definition) is 3. The average Bonchev–Trinajstić information content (AvgIpc) is 2.97. The largest absolute Gasteiger partial charge is 0.459 e. The molecule has 1 amide bonds. The van der Waals surface area contributed by atoms with Gasteiger partial charge in [0, 0.05) is 31.7 Å². The Balaban J connectivity index is 2.18. The minimum Gasteiger partial charge on any atom is -0.459 e. The van der Waals surface area contributed by atoms with Crippen LogP contribution in [0.2, 0.25) is 0 Å². The first-order valence-corrected chi connectivity index (χ1v) is 8.73. The van der Waals surface area contributed by atoms with Crippen LogP contribution in [0, 0.1) is 12.8 Å². The molecule has 0 bridgehead atoms. The van der Waals surface area contributed by atoms with Crippen LogP contribution in [0.1, 0.15) is 56.2 Å². The van der Waals surface area contributed by atoms with Gasteiger partial charge in [0.2, 0.25) is 0 Å². The molecule has 0 aliphatic heterocycles. The van der Waals surface area contributed by atoms with E-state index in [1.807, 2.05) is 6.92 Å². The zero-order valence-corrected chi connectivity index (χ0v) is 15.6. The summed E-state index contributed by atoms with van der Waals surface area (Å²) in [6.45, 7) is 9.83. The summed E-state index contributed by atoms with van der Waals surface area (Å²) < 4.78 is 5.17. The van der Waals surface area contributed by atoms with Gasteiger partial charge in [-0.3, -0.25) is 9.79 Å². The normalized spacial score (nSPS) is 13.0. The van der Waals surface area contributed by atoms with Gasteiger partial charge in [0.25, 0.3) is 5.91 Å². The number of hydrogen-bond acceptors (Lipinski definition) is 3. The maximum atomic E-state index is 11.9. The van der Waals surface area contributed by atoms with Crippen LogP contribution < -0.4 is 16.0 Å². The first-order valence-electron chi connectivity index (χ1n) is 8.73. The summed E-state index contributed by atoms with van der Waals surface area (Å²) >= 11 is 0. The summed E-state index contributed by atoms with van der Waals surface area (Å²) in [7, 11) is 1.77. The minimum absolute atomic E-state index is 0.165. The fraction of sp³-hybridized carbons (Fsp3) is 0.667. The third-order valence-electron chi connectivity index (χ3n) is 3.78. The molecule has 1 heterocycles. The molecule has 0 fully saturated rings. The van der Waals surface area contributed by atoms with Crippen molar-refractivity contribution < 1.29 is 9.21 Å². The fourth-order valence-electron chi connectivity index (χ4n) is 2.27. The number of aryl methyl sites for hydroxylation is 1. The number of guanidine groups is 1. The average molecular weight is 336 g/mol. The standard InChI is InChI=1S/C18H32N4O2/c1-13(2)7-8-15(4)22-18(19-5)21-11-6-10-20-17(23)16-14(3)9-12-24-16/h9,12-13,15H,6-8,10-11H2,1-5H3,(H,20,23)(H2,19,21,22). The highest BCUT2D eigenvalue weighted by molar-refractivity contribution is 5.92. The monoisotopic (exact) mass is 336 g/mol.